The summed E-state index contributed by atoms with van der Waals surface area (Å²) in [7, 11) is 0. The molecule has 0 saturated carbocycles. The minimum absolute atomic E-state index is 1.19. The molecule has 0 amide bonds. The van der Waals surface area contributed by atoms with Gasteiger partial charge in [-0.2, -0.15) is 0 Å². The molecule has 134 valence electrons. The van der Waals surface area contributed by atoms with Gasteiger partial charge in [-0.25, -0.2) is 0 Å². The zero-order valence-electron chi connectivity index (χ0n) is 15.7. The number of rotatable bonds is 5. The van der Waals surface area contributed by atoms with Gasteiger partial charge in [-0.1, -0.05) is 133 Å². The molecule has 0 nitrogen and oxygen atoms in total. The van der Waals surface area contributed by atoms with E-state index in [0.29, 0.717) is 0 Å². The first-order valence-corrected chi connectivity index (χ1v) is 9.55. The first-order chi connectivity index (χ1) is 13.9. The summed E-state index contributed by atoms with van der Waals surface area (Å²) >= 11 is 0. The predicted molar refractivity (Wildman–Crippen MR) is 121 cm³/mol. The van der Waals surface area contributed by atoms with Crippen LogP contribution in [0, 0.1) is 0 Å². The summed E-state index contributed by atoms with van der Waals surface area (Å²) in [5, 5.41) is 0. The number of hydrogen-bond donors (Lipinski definition) is 0. The van der Waals surface area contributed by atoms with Crippen LogP contribution in [0.4, 0.5) is 0 Å². The fraction of sp³-hybridized carbons (Fsp3) is 0. The molecule has 0 spiro atoms. The van der Waals surface area contributed by atoms with Crippen LogP contribution in [0.5, 0.6) is 0 Å². The van der Waals surface area contributed by atoms with Gasteiger partial charge in [0.2, 0.25) is 0 Å². The van der Waals surface area contributed by atoms with Gasteiger partial charge < -0.3 is 0 Å². The van der Waals surface area contributed by atoms with Crippen molar-refractivity contribution in [2.75, 3.05) is 0 Å². The largest absolute Gasteiger partial charge is 0.0622 e. The average molecular weight is 358 g/mol. The molecule has 0 aromatic heterocycles. The molecule has 0 heteroatoms. The first kappa shape index (κ1) is 17.8. The van der Waals surface area contributed by atoms with Crippen LogP contribution in [-0.2, 0) is 0 Å². The maximum absolute atomic E-state index is 2.24. The summed E-state index contributed by atoms with van der Waals surface area (Å²) in [4.78, 5) is 0. The van der Waals surface area contributed by atoms with Gasteiger partial charge >= 0.3 is 0 Å². The zero-order chi connectivity index (χ0) is 19.0. The van der Waals surface area contributed by atoms with Crippen molar-refractivity contribution in [3.8, 4) is 0 Å². The fourth-order valence-electron chi connectivity index (χ4n) is 3.37. The second kappa shape index (κ2) is 8.83. The Morgan fingerprint density at radius 1 is 0.429 bits per heavy atom. The van der Waals surface area contributed by atoms with Gasteiger partial charge in [0.05, 0.1) is 0 Å². The molecule has 28 heavy (non-hydrogen) atoms. The maximum atomic E-state index is 2.24. The summed E-state index contributed by atoms with van der Waals surface area (Å²) < 4.78 is 0. The lowest BCUT2D eigenvalue weighted by Crippen LogP contribution is -1.93. The quantitative estimate of drug-likeness (QED) is 0.258. The summed E-state index contributed by atoms with van der Waals surface area (Å²) in [5.74, 6) is 0. The lowest BCUT2D eigenvalue weighted by molar-refractivity contribution is 1.53. The van der Waals surface area contributed by atoms with Gasteiger partial charge in [-0.15, -0.1) is 0 Å². The first-order valence-electron chi connectivity index (χ1n) is 9.55. The predicted octanol–water partition coefficient (Wildman–Crippen LogP) is 7.36. The Labute approximate surface area is 167 Å². The summed E-state index contributed by atoms with van der Waals surface area (Å²) in [6.45, 7) is 0. The molecule has 0 aliphatic rings. The van der Waals surface area contributed by atoms with E-state index in [9.17, 15) is 0 Å². The summed E-state index contributed by atoms with van der Waals surface area (Å²) in [6, 6.07) is 42.3. The fourth-order valence-corrected chi connectivity index (χ4v) is 3.37. The molecule has 4 aromatic carbocycles. The Morgan fingerprint density at radius 3 is 1.29 bits per heavy atom. The van der Waals surface area contributed by atoms with Crippen molar-refractivity contribution in [2.45, 2.75) is 0 Å². The van der Waals surface area contributed by atoms with Crippen LogP contribution in [0.3, 0.4) is 0 Å². The molecule has 0 N–H and O–H groups in total. The number of allylic oxidation sites excluding steroid dienone is 2. The van der Waals surface area contributed by atoms with Gasteiger partial charge in [0, 0.05) is 0 Å². The molecular weight excluding hydrogens is 336 g/mol. The zero-order valence-corrected chi connectivity index (χ0v) is 15.7. The maximum Gasteiger partial charge on any atom is -0.00328 e. The van der Waals surface area contributed by atoms with Gasteiger partial charge in [0.15, 0.2) is 0 Å². The van der Waals surface area contributed by atoms with Crippen LogP contribution < -0.4 is 0 Å². The van der Waals surface area contributed by atoms with Crippen molar-refractivity contribution < 1.29 is 0 Å². The number of hydrogen-bond acceptors (Lipinski definition) is 0. The third kappa shape index (κ3) is 4.19. The highest BCUT2D eigenvalue weighted by Gasteiger charge is 2.11. The van der Waals surface area contributed by atoms with E-state index in [1.165, 1.54) is 33.4 Å². The normalized spacial score (nSPS) is 10.7. The smallest absolute Gasteiger partial charge is 0.00328 e. The second-order valence-electron chi connectivity index (χ2n) is 6.63. The molecule has 0 radical (unpaired) electrons. The van der Waals surface area contributed by atoms with E-state index in [2.05, 4.69) is 127 Å². The van der Waals surface area contributed by atoms with Crippen molar-refractivity contribution in [1.29, 1.82) is 0 Å². The van der Waals surface area contributed by atoms with E-state index >= 15 is 0 Å². The molecule has 0 unspecified atom stereocenters. The Kier molecular flexibility index (Phi) is 5.60. The van der Waals surface area contributed by atoms with Crippen LogP contribution in [0.2, 0.25) is 0 Å². The van der Waals surface area contributed by atoms with Crippen LogP contribution in [0.1, 0.15) is 22.3 Å². The van der Waals surface area contributed by atoms with Crippen LogP contribution in [0.15, 0.2) is 127 Å². The van der Waals surface area contributed by atoms with Gasteiger partial charge in [-0.3, -0.25) is 0 Å². The molecule has 4 rings (SSSR count). The lowest BCUT2D eigenvalue weighted by Gasteiger charge is -2.15. The third-order valence-electron chi connectivity index (χ3n) is 4.72. The Bertz CT molecular complexity index is 1020. The lowest BCUT2D eigenvalue weighted by atomic mass is 9.89. The highest BCUT2D eigenvalue weighted by molar-refractivity contribution is 6.03. The van der Waals surface area contributed by atoms with Crippen molar-refractivity contribution in [3.05, 3.63) is 150 Å². The van der Waals surface area contributed by atoms with Crippen LogP contribution >= 0.6 is 0 Å². The SMILES string of the molecule is C(=Cc1ccccc1)C(=C(c1ccccc1)c1ccccc1)c1ccccc1. The molecular formula is C28H22. The van der Waals surface area contributed by atoms with Gasteiger partial charge in [0.25, 0.3) is 0 Å². The summed E-state index contributed by atoms with van der Waals surface area (Å²) in [5.41, 5.74) is 7.27. The molecule has 4 aromatic rings. The summed E-state index contributed by atoms with van der Waals surface area (Å²) in [6.07, 6.45) is 4.42. The highest BCUT2D eigenvalue weighted by Crippen LogP contribution is 2.33. The van der Waals surface area contributed by atoms with Crippen molar-refractivity contribution in [3.63, 3.8) is 0 Å². The number of benzene rings is 4. The van der Waals surface area contributed by atoms with Crippen molar-refractivity contribution >= 4 is 17.2 Å². The van der Waals surface area contributed by atoms with Gasteiger partial charge in [-0.05, 0) is 33.4 Å². The molecule has 0 atom stereocenters. The highest BCUT2D eigenvalue weighted by atomic mass is 14.1. The molecule has 0 heterocycles. The minimum Gasteiger partial charge on any atom is -0.0622 e. The second-order valence-corrected chi connectivity index (χ2v) is 6.63. The Hall–Kier alpha value is -3.64. The minimum atomic E-state index is 1.19. The third-order valence-corrected chi connectivity index (χ3v) is 4.72. The molecule has 0 saturated heterocycles. The van der Waals surface area contributed by atoms with E-state index in [-0.39, 0.29) is 0 Å². The van der Waals surface area contributed by atoms with Crippen LogP contribution in [-0.4, -0.2) is 0 Å². The van der Waals surface area contributed by atoms with Gasteiger partial charge in [0.1, 0.15) is 0 Å². The van der Waals surface area contributed by atoms with E-state index < -0.39 is 0 Å². The topological polar surface area (TPSA) is 0 Å². The van der Waals surface area contributed by atoms with E-state index in [1.807, 2.05) is 6.07 Å². The Balaban J connectivity index is 1.96. The van der Waals surface area contributed by atoms with E-state index in [4.69, 9.17) is 0 Å². The van der Waals surface area contributed by atoms with Crippen molar-refractivity contribution in [1.82, 2.24) is 0 Å². The van der Waals surface area contributed by atoms with E-state index in [0.717, 1.165) is 0 Å². The Morgan fingerprint density at radius 2 is 0.821 bits per heavy atom. The molecule has 0 bridgehead atoms. The monoisotopic (exact) mass is 358 g/mol. The molecule has 0 fully saturated rings. The van der Waals surface area contributed by atoms with Crippen LogP contribution in [0.25, 0.3) is 17.2 Å². The standard InChI is InChI=1S/C28H22/c1-5-13-23(14-6-1)21-22-27(24-15-7-2-8-16-24)28(25-17-9-3-10-18-25)26-19-11-4-12-20-26/h1-22H. The molecule has 0 aliphatic carbocycles. The van der Waals surface area contributed by atoms with Crippen molar-refractivity contribution in [2.24, 2.45) is 0 Å². The molecule has 0 aliphatic heterocycles. The average Bonchev–Trinajstić information content (AvgIpc) is 2.79. The van der Waals surface area contributed by atoms with E-state index in [1.54, 1.807) is 0 Å².